The number of fused-ring (bicyclic) bond motifs is 1. The third-order valence-corrected chi connectivity index (χ3v) is 17.2. The van der Waals surface area contributed by atoms with Gasteiger partial charge in [0, 0.05) is 31.8 Å². The summed E-state index contributed by atoms with van der Waals surface area (Å²) in [6.45, 7) is 13.8. The molecule has 3 amide bonds. The summed E-state index contributed by atoms with van der Waals surface area (Å²) in [7, 11) is -2.71. The number of carbonyl (C=O) groups excluding carboxylic acids is 3. The number of alkyl halides is 3. The Kier molecular flexibility index (Phi) is 14.3. The number of nitrogens with zero attached hydrogens (tertiary/aromatic N) is 2. The number of ether oxygens (including phenoxy) is 2. The Hall–Kier alpha value is -5.14. The molecule has 62 heavy (non-hydrogen) atoms. The lowest BCUT2D eigenvalue weighted by Gasteiger charge is -2.44. The highest BCUT2D eigenvalue weighted by Crippen LogP contribution is 2.45. The number of halogens is 3. The average molecular weight is 872 g/mol. The predicted molar refractivity (Wildman–Crippen MR) is 238 cm³/mol. The van der Waals surface area contributed by atoms with E-state index in [9.17, 15) is 27.6 Å². The minimum Gasteiger partial charge on any atom is -0.476 e. The summed E-state index contributed by atoms with van der Waals surface area (Å²) in [5.74, 6) is -1.14. The molecule has 2 aliphatic rings. The minimum atomic E-state index is -4.89. The standard InChI is InChI=1S/C49H60F3N3O6Si/c1-34(2)55(37-25-23-35(24-26-37)27-30-60-62(47(3,4)5,38-19-13-9-14-20-38)39-21-15-10-16-22-39)44(56)40-31-42-43(32-41(40)49(50,51)52)61-48(6,7)45(57)54(42)29-28-53-46(58)59-33-36-17-11-8-12-18-36/h8-22,31-32,34-35,37H,23-30,33H2,1-7H3,(H,53,58). The number of rotatable bonds is 14. The summed E-state index contributed by atoms with van der Waals surface area (Å²) >= 11 is 0. The maximum absolute atomic E-state index is 14.9. The molecule has 6 rings (SSSR count). The van der Waals surface area contributed by atoms with E-state index in [-0.39, 0.29) is 42.2 Å². The van der Waals surface area contributed by atoms with Crippen LogP contribution < -0.4 is 25.3 Å². The molecule has 1 aliphatic heterocycles. The van der Waals surface area contributed by atoms with Gasteiger partial charge in [0.05, 0.1) is 16.8 Å². The topological polar surface area (TPSA) is 97.4 Å². The molecule has 4 aromatic rings. The van der Waals surface area contributed by atoms with Gasteiger partial charge >= 0.3 is 12.3 Å². The number of anilines is 1. The smallest absolute Gasteiger partial charge is 0.417 e. The van der Waals surface area contributed by atoms with Gasteiger partial charge in [0.1, 0.15) is 12.4 Å². The molecule has 9 nitrogen and oxygen atoms in total. The van der Waals surface area contributed by atoms with Crippen LogP contribution in [0.3, 0.4) is 0 Å². The molecule has 0 unspecified atom stereocenters. The lowest BCUT2D eigenvalue weighted by atomic mass is 9.83. The fourth-order valence-electron chi connectivity index (χ4n) is 9.10. The van der Waals surface area contributed by atoms with E-state index in [2.05, 4.69) is 74.6 Å². The molecule has 0 saturated heterocycles. The van der Waals surface area contributed by atoms with E-state index in [4.69, 9.17) is 13.9 Å². The Labute approximate surface area is 365 Å². The van der Waals surface area contributed by atoms with E-state index in [0.29, 0.717) is 25.4 Å². The van der Waals surface area contributed by atoms with Crippen molar-refractivity contribution in [1.29, 1.82) is 0 Å². The van der Waals surface area contributed by atoms with E-state index < -0.39 is 55.2 Å². The Balaban J connectivity index is 1.17. The SMILES string of the molecule is CC(C)N(C(=O)c1cc2c(cc1C(F)(F)F)OC(C)(C)C(=O)N2CCNC(=O)OCc1ccccc1)C1CCC(CCO[Si](c2ccccc2)(c2ccccc2)C(C)(C)C)CC1. The van der Waals surface area contributed by atoms with Gasteiger partial charge in [-0.15, -0.1) is 0 Å². The van der Waals surface area contributed by atoms with Crippen LogP contribution in [0, 0.1) is 5.92 Å². The molecule has 0 atom stereocenters. The maximum Gasteiger partial charge on any atom is 0.417 e. The zero-order valence-electron chi connectivity index (χ0n) is 36.9. The lowest BCUT2D eigenvalue weighted by molar-refractivity contribution is -0.138. The van der Waals surface area contributed by atoms with Crippen LogP contribution in [0.5, 0.6) is 5.75 Å². The van der Waals surface area contributed by atoms with Crippen LogP contribution in [0.1, 0.15) is 102 Å². The van der Waals surface area contributed by atoms with E-state index in [1.54, 1.807) is 4.90 Å². The van der Waals surface area contributed by atoms with Crippen molar-refractivity contribution in [3.05, 3.63) is 120 Å². The first-order chi connectivity index (χ1) is 29.3. The summed E-state index contributed by atoms with van der Waals surface area (Å²) in [4.78, 5) is 43.7. The molecular formula is C49H60F3N3O6Si. The first-order valence-electron chi connectivity index (χ1n) is 21.6. The van der Waals surface area contributed by atoms with Crippen molar-refractivity contribution in [2.75, 3.05) is 24.6 Å². The number of amides is 3. The number of benzene rings is 4. The molecule has 13 heteroatoms. The second-order valence-corrected chi connectivity index (χ2v) is 22.5. The Morgan fingerprint density at radius 3 is 1.98 bits per heavy atom. The van der Waals surface area contributed by atoms with E-state index in [1.807, 2.05) is 56.3 Å². The van der Waals surface area contributed by atoms with Gasteiger partial charge in [-0.1, -0.05) is 112 Å². The first-order valence-corrected chi connectivity index (χ1v) is 23.5. The van der Waals surface area contributed by atoms with Crippen molar-refractivity contribution in [3.8, 4) is 5.75 Å². The number of alkyl carbamates (subject to hydrolysis) is 1. The Morgan fingerprint density at radius 1 is 0.887 bits per heavy atom. The largest absolute Gasteiger partial charge is 0.476 e. The number of nitrogens with one attached hydrogen (secondary N) is 1. The van der Waals surface area contributed by atoms with Gasteiger partial charge in [0.15, 0.2) is 5.60 Å². The molecule has 1 aliphatic carbocycles. The van der Waals surface area contributed by atoms with Gasteiger partial charge in [-0.2, -0.15) is 13.2 Å². The molecule has 0 radical (unpaired) electrons. The summed E-state index contributed by atoms with van der Waals surface area (Å²) in [5.41, 5.74) is -2.38. The summed E-state index contributed by atoms with van der Waals surface area (Å²) in [6.07, 6.45) is -1.92. The van der Waals surface area contributed by atoms with Crippen molar-refractivity contribution in [2.45, 2.75) is 116 Å². The highest BCUT2D eigenvalue weighted by molar-refractivity contribution is 6.99. The molecule has 1 fully saturated rings. The highest BCUT2D eigenvalue weighted by Gasteiger charge is 2.50. The van der Waals surface area contributed by atoms with Gasteiger partial charge < -0.3 is 29.0 Å². The number of carbonyl (C=O) groups is 3. The van der Waals surface area contributed by atoms with Crippen molar-refractivity contribution in [1.82, 2.24) is 10.2 Å². The van der Waals surface area contributed by atoms with Gasteiger partial charge in [-0.05, 0) is 98.8 Å². The molecule has 332 valence electrons. The van der Waals surface area contributed by atoms with Crippen LogP contribution in [0.2, 0.25) is 5.04 Å². The van der Waals surface area contributed by atoms with Crippen molar-refractivity contribution in [2.24, 2.45) is 5.92 Å². The normalized spacial score (nSPS) is 17.9. The Morgan fingerprint density at radius 2 is 1.45 bits per heavy atom. The van der Waals surface area contributed by atoms with Crippen LogP contribution in [0.15, 0.2) is 103 Å². The average Bonchev–Trinajstić information content (AvgIpc) is 3.23. The quantitative estimate of drug-likeness (QED) is 0.127. The van der Waals surface area contributed by atoms with E-state index in [1.165, 1.54) is 29.1 Å². The molecule has 0 bridgehead atoms. The molecule has 1 N–H and O–H groups in total. The zero-order valence-corrected chi connectivity index (χ0v) is 37.9. The van der Waals surface area contributed by atoms with E-state index >= 15 is 0 Å². The van der Waals surface area contributed by atoms with Gasteiger partial charge in [0.25, 0.3) is 20.1 Å². The molecule has 1 heterocycles. The molecule has 0 spiro atoms. The lowest BCUT2D eigenvalue weighted by Crippen LogP contribution is -2.66. The fraction of sp³-hybridized carbons (Fsp3) is 0.449. The number of hydrogen-bond donors (Lipinski definition) is 1. The summed E-state index contributed by atoms with van der Waals surface area (Å²) < 4.78 is 63.0. The molecule has 4 aromatic carbocycles. The van der Waals surface area contributed by atoms with Gasteiger partial charge in [0.2, 0.25) is 0 Å². The molecular weight excluding hydrogens is 812 g/mol. The second kappa shape index (κ2) is 19.1. The molecule has 0 aromatic heterocycles. The monoisotopic (exact) mass is 871 g/mol. The first kappa shape index (κ1) is 46.4. The summed E-state index contributed by atoms with van der Waals surface area (Å²) in [5, 5.41) is 4.89. The zero-order chi connectivity index (χ0) is 44.9. The van der Waals surface area contributed by atoms with Gasteiger partial charge in [-0.25, -0.2) is 4.79 Å². The highest BCUT2D eigenvalue weighted by atomic mass is 28.4. The van der Waals surface area contributed by atoms with Crippen molar-refractivity contribution < 1.29 is 41.5 Å². The summed E-state index contributed by atoms with van der Waals surface area (Å²) in [6, 6.07) is 31.4. The van der Waals surface area contributed by atoms with Crippen LogP contribution in [0.25, 0.3) is 0 Å². The number of hydrogen-bond acceptors (Lipinski definition) is 6. The van der Waals surface area contributed by atoms with Crippen molar-refractivity contribution in [3.63, 3.8) is 0 Å². The minimum absolute atomic E-state index is 0.0263. The maximum atomic E-state index is 14.9. The van der Waals surface area contributed by atoms with Crippen LogP contribution >= 0.6 is 0 Å². The van der Waals surface area contributed by atoms with Gasteiger partial charge in [-0.3, -0.25) is 9.59 Å². The third-order valence-electron chi connectivity index (χ3n) is 12.1. The second-order valence-electron chi connectivity index (χ2n) is 18.2. The fourth-order valence-corrected chi connectivity index (χ4v) is 13.7. The molecule has 1 saturated carbocycles. The van der Waals surface area contributed by atoms with Crippen LogP contribution in [-0.2, 0) is 26.7 Å². The van der Waals surface area contributed by atoms with Crippen LogP contribution in [0.4, 0.5) is 23.7 Å². The third kappa shape index (κ3) is 10.2. The van der Waals surface area contributed by atoms with Crippen molar-refractivity contribution >= 4 is 42.3 Å². The van der Waals surface area contributed by atoms with E-state index in [0.717, 1.165) is 37.0 Å². The van der Waals surface area contributed by atoms with Crippen LogP contribution in [-0.4, -0.2) is 68.5 Å². The Bertz CT molecular complexity index is 2120. The predicted octanol–water partition coefficient (Wildman–Crippen LogP) is 9.51.